The number of sulfonamides is 1. The maximum atomic E-state index is 11.9. The zero-order chi connectivity index (χ0) is 18.9. The number of H-pyrrole nitrogens is 1. The van der Waals surface area contributed by atoms with Gasteiger partial charge in [-0.3, -0.25) is 4.79 Å². The van der Waals surface area contributed by atoms with E-state index < -0.39 is 15.3 Å². The predicted octanol–water partition coefficient (Wildman–Crippen LogP) is 3.69. The van der Waals surface area contributed by atoms with Crippen LogP contribution in [-0.4, -0.2) is 25.2 Å². The van der Waals surface area contributed by atoms with Gasteiger partial charge in [-0.15, -0.1) is 0 Å². The number of aromatic amines is 1. The van der Waals surface area contributed by atoms with Gasteiger partial charge in [0.15, 0.2) is 0 Å². The van der Waals surface area contributed by atoms with Gasteiger partial charge in [-0.05, 0) is 48.6 Å². The minimum Gasteiger partial charge on any atom is -0.312 e. The lowest BCUT2D eigenvalue weighted by molar-refractivity contribution is 0.566. The second-order valence-electron chi connectivity index (χ2n) is 6.69. The van der Waals surface area contributed by atoms with Crippen LogP contribution in [0.2, 0.25) is 0 Å². The van der Waals surface area contributed by atoms with E-state index in [9.17, 15) is 13.2 Å². The lowest BCUT2D eigenvalue weighted by Crippen LogP contribution is -2.33. The summed E-state index contributed by atoms with van der Waals surface area (Å²) in [5.74, 6) is 0.0787. The van der Waals surface area contributed by atoms with Crippen molar-refractivity contribution < 1.29 is 8.42 Å². The number of rotatable bonds is 6. The topological polar surface area (TPSA) is 79.0 Å². The molecular formula is C19H22N2O3S2. The summed E-state index contributed by atoms with van der Waals surface area (Å²) < 4.78 is 27.4. The molecule has 3 aromatic rings. The molecule has 0 aliphatic heterocycles. The standard InChI is InChI=1S/C19H22N2O3S2/c1-12(2)26(23,24)20-11-13(3)14-4-6-15(7-5-14)16-8-9-17-18(10-16)25-19(22)21-17/h4-10,12-13,20H,11H2,1-3H3,(H,21,22). The summed E-state index contributed by atoms with van der Waals surface area (Å²) in [5.41, 5.74) is 4.04. The van der Waals surface area contributed by atoms with Gasteiger partial charge in [0.05, 0.1) is 15.5 Å². The van der Waals surface area contributed by atoms with E-state index in [1.165, 1.54) is 11.3 Å². The molecular weight excluding hydrogens is 368 g/mol. The Morgan fingerprint density at radius 2 is 1.69 bits per heavy atom. The van der Waals surface area contributed by atoms with Crippen molar-refractivity contribution in [2.45, 2.75) is 31.9 Å². The largest absolute Gasteiger partial charge is 0.312 e. The summed E-state index contributed by atoms with van der Waals surface area (Å²) in [7, 11) is -3.25. The minimum absolute atomic E-state index is 0.0508. The van der Waals surface area contributed by atoms with Crippen LogP contribution in [0.15, 0.2) is 47.3 Å². The molecule has 0 radical (unpaired) electrons. The zero-order valence-electron chi connectivity index (χ0n) is 14.9. The summed E-state index contributed by atoms with van der Waals surface area (Å²) in [5, 5.41) is -0.434. The van der Waals surface area contributed by atoms with Crippen molar-refractivity contribution in [2.24, 2.45) is 0 Å². The SMILES string of the molecule is CC(CNS(=O)(=O)C(C)C)c1ccc(-c2ccc3[nH]c(=O)sc3c2)cc1. The van der Waals surface area contributed by atoms with E-state index in [1.54, 1.807) is 13.8 Å². The van der Waals surface area contributed by atoms with Crippen LogP contribution in [0.1, 0.15) is 32.3 Å². The highest BCUT2D eigenvalue weighted by Crippen LogP contribution is 2.26. The fourth-order valence-electron chi connectivity index (χ4n) is 2.65. The second-order valence-corrected chi connectivity index (χ2v) is 10.0. The summed E-state index contributed by atoms with van der Waals surface area (Å²) in [6.45, 7) is 5.71. The predicted molar refractivity (Wildman–Crippen MR) is 108 cm³/mol. The molecule has 1 atom stereocenters. The van der Waals surface area contributed by atoms with Crippen molar-refractivity contribution >= 4 is 31.6 Å². The maximum absolute atomic E-state index is 11.9. The monoisotopic (exact) mass is 390 g/mol. The molecule has 138 valence electrons. The average Bonchev–Trinajstić information content (AvgIpc) is 2.99. The van der Waals surface area contributed by atoms with Crippen molar-refractivity contribution in [2.75, 3.05) is 6.54 Å². The lowest BCUT2D eigenvalue weighted by Gasteiger charge is -2.15. The van der Waals surface area contributed by atoms with Crippen LogP contribution in [0.4, 0.5) is 0 Å². The van der Waals surface area contributed by atoms with Gasteiger partial charge in [-0.1, -0.05) is 48.6 Å². The molecule has 3 rings (SSSR count). The van der Waals surface area contributed by atoms with Crippen LogP contribution < -0.4 is 9.60 Å². The lowest BCUT2D eigenvalue weighted by atomic mass is 9.97. The first kappa shape index (κ1) is 18.8. The van der Waals surface area contributed by atoms with Crippen molar-refractivity contribution in [3.63, 3.8) is 0 Å². The molecule has 1 heterocycles. The summed E-state index contributed by atoms with van der Waals surface area (Å²) in [4.78, 5) is 14.2. The van der Waals surface area contributed by atoms with Crippen molar-refractivity contribution in [1.29, 1.82) is 0 Å². The molecule has 2 aromatic carbocycles. The number of aromatic nitrogens is 1. The smallest absolute Gasteiger partial charge is 0.305 e. The summed E-state index contributed by atoms with van der Waals surface area (Å²) >= 11 is 1.20. The Bertz CT molecular complexity index is 1060. The molecule has 5 nitrogen and oxygen atoms in total. The third kappa shape index (κ3) is 4.06. The molecule has 1 unspecified atom stereocenters. The molecule has 1 aromatic heterocycles. The van der Waals surface area contributed by atoms with Crippen LogP contribution in [0.3, 0.4) is 0 Å². The molecule has 0 spiro atoms. The first-order valence-corrected chi connectivity index (χ1v) is 10.8. The first-order valence-electron chi connectivity index (χ1n) is 8.48. The highest BCUT2D eigenvalue weighted by molar-refractivity contribution is 7.90. The van der Waals surface area contributed by atoms with Gasteiger partial charge < -0.3 is 4.98 Å². The molecule has 0 bridgehead atoms. The van der Waals surface area contributed by atoms with Crippen molar-refractivity contribution in [1.82, 2.24) is 9.71 Å². The number of benzene rings is 2. The molecule has 26 heavy (non-hydrogen) atoms. The van der Waals surface area contributed by atoms with Crippen LogP contribution in [0.25, 0.3) is 21.3 Å². The number of hydrogen-bond acceptors (Lipinski definition) is 4. The third-order valence-corrected chi connectivity index (χ3v) is 7.10. The molecule has 7 heteroatoms. The summed E-state index contributed by atoms with van der Waals surface area (Å²) in [6.07, 6.45) is 0. The van der Waals surface area contributed by atoms with Gasteiger partial charge in [0.1, 0.15) is 0 Å². The number of fused-ring (bicyclic) bond motifs is 1. The Balaban J connectivity index is 1.75. The Kier molecular flexibility index (Phi) is 5.32. The van der Waals surface area contributed by atoms with Crippen LogP contribution in [-0.2, 0) is 10.0 Å². The molecule has 0 saturated heterocycles. The fraction of sp³-hybridized carbons (Fsp3) is 0.316. The first-order chi connectivity index (χ1) is 12.3. The zero-order valence-corrected chi connectivity index (χ0v) is 16.6. The van der Waals surface area contributed by atoms with E-state index in [0.717, 1.165) is 26.9 Å². The van der Waals surface area contributed by atoms with Gasteiger partial charge in [-0.25, -0.2) is 13.1 Å². The minimum atomic E-state index is -3.25. The van der Waals surface area contributed by atoms with Crippen LogP contribution in [0, 0.1) is 0 Å². The Morgan fingerprint density at radius 1 is 1.04 bits per heavy atom. The van der Waals surface area contributed by atoms with Gasteiger partial charge in [-0.2, -0.15) is 0 Å². The van der Waals surface area contributed by atoms with E-state index in [0.29, 0.717) is 6.54 Å². The quantitative estimate of drug-likeness (QED) is 0.674. The van der Waals surface area contributed by atoms with E-state index in [-0.39, 0.29) is 10.8 Å². The molecule has 0 saturated carbocycles. The van der Waals surface area contributed by atoms with E-state index in [4.69, 9.17) is 0 Å². The van der Waals surface area contributed by atoms with Crippen LogP contribution in [0.5, 0.6) is 0 Å². The van der Waals surface area contributed by atoms with Gasteiger partial charge in [0, 0.05) is 6.54 Å². The van der Waals surface area contributed by atoms with Gasteiger partial charge in [0.2, 0.25) is 10.0 Å². The van der Waals surface area contributed by atoms with E-state index >= 15 is 0 Å². The Labute approximate surface area is 157 Å². The molecule has 0 fully saturated rings. The molecule has 2 N–H and O–H groups in total. The molecule has 0 aliphatic carbocycles. The summed E-state index contributed by atoms with van der Waals surface area (Å²) in [6, 6.07) is 14.0. The molecule has 0 amide bonds. The normalized spacial score (nSPS) is 13.4. The number of nitrogens with one attached hydrogen (secondary N) is 2. The van der Waals surface area contributed by atoms with E-state index in [2.05, 4.69) is 9.71 Å². The van der Waals surface area contributed by atoms with E-state index in [1.807, 2.05) is 49.4 Å². The maximum Gasteiger partial charge on any atom is 0.305 e. The average molecular weight is 391 g/mol. The Morgan fingerprint density at radius 3 is 2.35 bits per heavy atom. The highest BCUT2D eigenvalue weighted by Gasteiger charge is 2.17. The highest BCUT2D eigenvalue weighted by atomic mass is 32.2. The fourth-order valence-corrected chi connectivity index (χ4v) is 4.25. The molecule has 0 aliphatic rings. The van der Waals surface area contributed by atoms with Gasteiger partial charge >= 0.3 is 4.87 Å². The number of thiazole rings is 1. The third-order valence-electron chi connectivity index (χ3n) is 4.45. The Hall–Kier alpha value is -1.96. The second kappa shape index (κ2) is 7.34. The van der Waals surface area contributed by atoms with Crippen molar-refractivity contribution in [3.8, 4) is 11.1 Å². The van der Waals surface area contributed by atoms with Crippen molar-refractivity contribution in [3.05, 3.63) is 57.7 Å². The number of hydrogen-bond donors (Lipinski definition) is 2. The van der Waals surface area contributed by atoms with Gasteiger partial charge in [0.25, 0.3) is 0 Å². The van der Waals surface area contributed by atoms with Crippen LogP contribution >= 0.6 is 11.3 Å².